The van der Waals surface area contributed by atoms with Crippen molar-refractivity contribution >= 4 is 34.0 Å². The van der Waals surface area contributed by atoms with E-state index in [4.69, 9.17) is 41.3 Å². The summed E-state index contributed by atoms with van der Waals surface area (Å²) in [5.41, 5.74) is 1.36. The summed E-state index contributed by atoms with van der Waals surface area (Å²) in [5, 5.41) is -0.622. The fourth-order valence-electron chi connectivity index (χ4n) is 7.66. The monoisotopic (exact) mass is 668 g/mol. The molecule has 0 amide bonds. The Bertz CT molecular complexity index is 1730. The average molecular weight is 669 g/mol. The predicted molar refractivity (Wildman–Crippen MR) is 156 cm³/mol. The lowest BCUT2D eigenvalue weighted by Crippen LogP contribution is -2.61. The van der Waals surface area contributed by atoms with Gasteiger partial charge in [0.05, 0.1) is 48.6 Å². The Hall–Kier alpha value is -3.27. The fourth-order valence-corrected chi connectivity index (χ4v) is 8.00. The van der Waals surface area contributed by atoms with Gasteiger partial charge in [-0.3, -0.25) is 4.90 Å². The van der Waals surface area contributed by atoms with Crippen LogP contribution in [-0.4, -0.2) is 95.9 Å². The van der Waals surface area contributed by atoms with E-state index in [1.165, 1.54) is 0 Å². The lowest BCUT2D eigenvalue weighted by Gasteiger charge is -2.48. The number of alkyl halides is 4. The highest BCUT2D eigenvalue weighted by Crippen LogP contribution is 2.48. The summed E-state index contributed by atoms with van der Waals surface area (Å²) in [6.07, 6.45) is -3.63. The largest absolute Gasteiger partial charge is 0.465 e. The average Bonchev–Trinajstić information content (AvgIpc) is 3.49. The van der Waals surface area contributed by atoms with Crippen LogP contribution in [0.3, 0.4) is 0 Å². The zero-order valence-corrected chi connectivity index (χ0v) is 25.3. The molecular weight excluding hydrogens is 639 g/mol. The van der Waals surface area contributed by atoms with Crippen molar-refractivity contribution in [3.8, 4) is 23.1 Å². The zero-order valence-electron chi connectivity index (χ0n) is 24.5. The molecule has 1 spiro atoms. The number of ether oxygens (including phenoxy) is 4. The molecule has 7 heterocycles. The van der Waals surface area contributed by atoms with Crippen molar-refractivity contribution in [1.82, 2.24) is 19.9 Å². The van der Waals surface area contributed by atoms with Crippen LogP contribution in [0.5, 0.6) is 11.9 Å². The van der Waals surface area contributed by atoms with Gasteiger partial charge in [-0.15, -0.1) is 0 Å². The first kappa shape index (κ1) is 30.1. The molecular formula is C30H30ClF5N6O4. The van der Waals surface area contributed by atoms with Gasteiger partial charge in [0.15, 0.2) is 11.4 Å². The number of hydrogen-bond donors (Lipinski definition) is 1. The van der Waals surface area contributed by atoms with Crippen LogP contribution in [0, 0.1) is 5.82 Å². The van der Waals surface area contributed by atoms with Crippen molar-refractivity contribution in [2.75, 3.05) is 63.3 Å². The van der Waals surface area contributed by atoms with Gasteiger partial charge in [0.25, 0.3) is 0 Å². The number of nitrogens with two attached hydrogens (primary N) is 1. The van der Waals surface area contributed by atoms with E-state index in [1.807, 2.05) is 4.90 Å². The topological polar surface area (TPSA) is 108 Å². The molecule has 46 heavy (non-hydrogen) atoms. The van der Waals surface area contributed by atoms with E-state index in [0.29, 0.717) is 39.1 Å². The van der Waals surface area contributed by atoms with Crippen molar-refractivity contribution in [2.24, 2.45) is 0 Å². The zero-order chi connectivity index (χ0) is 32.0. The van der Waals surface area contributed by atoms with Crippen molar-refractivity contribution in [3.05, 3.63) is 28.5 Å². The smallest absolute Gasteiger partial charge is 0.418 e. The first-order valence-electron chi connectivity index (χ1n) is 15.2. The highest BCUT2D eigenvalue weighted by atomic mass is 35.5. The maximum absolute atomic E-state index is 16.8. The number of morpholine rings is 1. The molecule has 4 saturated heterocycles. The number of pyridine rings is 1. The van der Waals surface area contributed by atoms with Gasteiger partial charge in [0, 0.05) is 37.2 Å². The third kappa shape index (κ3) is 4.80. The quantitative estimate of drug-likeness (QED) is 0.308. The summed E-state index contributed by atoms with van der Waals surface area (Å²) < 4.78 is 98.2. The number of rotatable bonds is 4. The fraction of sp³-hybridized carbons (Fsp3) is 0.567. The van der Waals surface area contributed by atoms with Crippen LogP contribution in [0.25, 0.3) is 22.2 Å². The molecule has 1 aromatic carbocycles. The van der Waals surface area contributed by atoms with Crippen molar-refractivity contribution < 1.29 is 40.9 Å². The first-order chi connectivity index (χ1) is 22.0. The van der Waals surface area contributed by atoms with Gasteiger partial charge in [-0.1, -0.05) is 11.6 Å². The minimum Gasteiger partial charge on any atom is -0.465 e. The second kappa shape index (κ2) is 10.6. The van der Waals surface area contributed by atoms with Gasteiger partial charge in [-0.2, -0.15) is 23.1 Å². The van der Waals surface area contributed by atoms with Gasteiger partial charge in [0.2, 0.25) is 5.88 Å². The Morgan fingerprint density at radius 1 is 1.11 bits per heavy atom. The molecule has 0 bridgehead atoms. The molecule has 2 aromatic heterocycles. The minimum absolute atomic E-state index is 0.0668. The predicted octanol–water partition coefficient (Wildman–Crippen LogP) is 4.80. The van der Waals surface area contributed by atoms with Crippen LogP contribution in [0.4, 0.5) is 33.5 Å². The number of halogens is 6. The Morgan fingerprint density at radius 3 is 2.70 bits per heavy atom. The van der Waals surface area contributed by atoms with Gasteiger partial charge < -0.3 is 29.6 Å². The third-order valence-corrected chi connectivity index (χ3v) is 10.0. The molecule has 0 aliphatic carbocycles. The van der Waals surface area contributed by atoms with E-state index in [-0.39, 0.29) is 60.2 Å². The van der Waals surface area contributed by atoms with E-state index in [2.05, 4.69) is 14.9 Å². The van der Waals surface area contributed by atoms with Gasteiger partial charge >= 0.3 is 12.2 Å². The molecule has 4 fully saturated rings. The van der Waals surface area contributed by atoms with E-state index < -0.39 is 51.1 Å². The lowest BCUT2D eigenvalue weighted by molar-refractivity contribution is -0.171. The van der Waals surface area contributed by atoms with Crippen molar-refractivity contribution in [2.45, 2.75) is 55.2 Å². The summed E-state index contributed by atoms with van der Waals surface area (Å²) in [5.74, 6) is -1.05. The van der Waals surface area contributed by atoms with Crippen LogP contribution in [0.15, 0.2) is 12.1 Å². The van der Waals surface area contributed by atoms with E-state index in [9.17, 15) is 17.6 Å². The number of nitrogens with zero attached hydrogens (tertiary/aromatic N) is 5. The molecule has 10 nitrogen and oxygen atoms in total. The van der Waals surface area contributed by atoms with Gasteiger partial charge in [-0.25, -0.2) is 13.8 Å². The van der Waals surface area contributed by atoms with Crippen LogP contribution < -0.4 is 20.1 Å². The Morgan fingerprint density at radius 2 is 1.93 bits per heavy atom. The van der Waals surface area contributed by atoms with Gasteiger partial charge in [0.1, 0.15) is 35.2 Å². The molecule has 1 unspecified atom stereocenters. The summed E-state index contributed by atoms with van der Waals surface area (Å²) >= 11 is 6.04. The first-order valence-corrected chi connectivity index (χ1v) is 15.5. The Balaban J connectivity index is 1.34. The van der Waals surface area contributed by atoms with E-state index in [1.54, 1.807) is 0 Å². The molecule has 3 aromatic rings. The van der Waals surface area contributed by atoms with E-state index >= 15 is 4.39 Å². The van der Waals surface area contributed by atoms with Crippen molar-refractivity contribution in [1.29, 1.82) is 0 Å². The number of benzene rings is 1. The molecule has 5 aliphatic heterocycles. The summed E-state index contributed by atoms with van der Waals surface area (Å²) in [6, 6.07) is 1.49. The number of anilines is 2. The Labute approximate surface area is 264 Å². The number of nitrogen functional groups attached to an aromatic ring is 1. The summed E-state index contributed by atoms with van der Waals surface area (Å²) in [4.78, 5) is 17.5. The standard InChI is InChI=1S/C30H30ClF5N6O4/c31-19-7-16(37)6-18(21(19)30(34,35)36)23-22(33)24-20-25(40-27(39-24)45-12-28-2-1-3-41(28)10-15(32)8-28)42-4-5-43-11-17(42)9-29(13-44-14-29)46-26(20)38-23/h6-7,15,17H,1-5,8-14,37H2/t15-,17?,28+/m1/s1. The van der Waals surface area contributed by atoms with Crippen LogP contribution in [0.2, 0.25) is 5.02 Å². The Kier molecular flexibility index (Phi) is 6.95. The summed E-state index contributed by atoms with van der Waals surface area (Å²) in [6.45, 7) is 2.58. The molecule has 16 heteroatoms. The number of fused-ring (bicyclic) bond motifs is 3. The highest BCUT2D eigenvalue weighted by molar-refractivity contribution is 6.32. The highest BCUT2D eigenvalue weighted by Gasteiger charge is 2.51. The second-order valence-corrected chi connectivity index (χ2v) is 13.2. The van der Waals surface area contributed by atoms with Crippen LogP contribution in [0.1, 0.15) is 31.2 Å². The molecule has 0 radical (unpaired) electrons. The van der Waals surface area contributed by atoms with Gasteiger partial charge in [-0.05, 0) is 31.5 Å². The molecule has 8 rings (SSSR count). The normalized spacial score (nSPS) is 27.1. The van der Waals surface area contributed by atoms with Crippen LogP contribution >= 0.6 is 11.6 Å². The lowest BCUT2D eigenvalue weighted by atomic mass is 9.90. The summed E-state index contributed by atoms with van der Waals surface area (Å²) in [7, 11) is 0. The van der Waals surface area contributed by atoms with Crippen molar-refractivity contribution in [3.63, 3.8) is 0 Å². The van der Waals surface area contributed by atoms with E-state index in [0.717, 1.165) is 31.5 Å². The molecule has 0 saturated carbocycles. The molecule has 3 atom stereocenters. The minimum atomic E-state index is -4.97. The number of aromatic nitrogens is 3. The van der Waals surface area contributed by atoms with Crippen LogP contribution in [-0.2, 0) is 15.7 Å². The molecule has 2 N–H and O–H groups in total. The maximum Gasteiger partial charge on any atom is 0.418 e. The third-order valence-electron chi connectivity index (χ3n) is 9.75. The SMILES string of the molecule is Nc1cc(Cl)c(C(F)(F)F)c(-c2nc3c4c(nc(OC[C@@]56CCCN5C[C@H](F)C6)nc4c2F)N2CCOCC2CC2(COC2)O3)c1. The second-order valence-electron chi connectivity index (χ2n) is 12.8. The maximum atomic E-state index is 16.8. The molecule has 246 valence electrons. The molecule has 5 aliphatic rings. The number of hydrogen-bond acceptors (Lipinski definition) is 10.